The zero-order valence-electron chi connectivity index (χ0n) is 21.5. The Bertz CT molecular complexity index is 1010. The van der Waals surface area contributed by atoms with E-state index in [4.69, 9.17) is 18.9 Å². The van der Waals surface area contributed by atoms with Crippen LogP contribution in [0.1, 0.15) is 77.0 Å². The number of unbranched alkanes of at least 4 members (excludes halogenated alkanes) is 1. The molecule has 2 aromatic carbocycles. The third-order valence-corrected chi connectivity index (χ3v) is 7.24. The standard InChI is InChI=1S/C29H38O6/c1-6-7-14-32-21-12-13-25-22(15-21)27-24(29(4,5)35-25)16-23(28(30)31)26(34-27)17-33-20-10-8-19(9-11-20)18(2)3/h8-13,15,18,23-24,26-27H,6-7,14,16-17H2,1-5H3,(H,30,31)/t23-,24-,26-,27+/m0/s1. The Morgan fingerprint density at radius 2 is 1.83 bits per heavy atom. The average molecular weight is 483 g/mol. The Hall–Kier alpha value is -2.73. The number of carbonyl (C=O) groups is 1. The molecule has 0 aliphatic carbocycles. The molecular weight excluding hydrogens is 444 g/mol. The molecule has 2 aromatic rings. The maximum Gasteiger partial charge on any atom is 0.309 e. The van der Waals surface area contributed by atoms with E-state index in [1.807, 2.05) is 56.3 Å². The van der Waals surface area contributed by atoms with Gasteiger partial charge in [-0.2, -0.15) is 0 Å². The summed E-state index contributed by atoms with van der Waals surface area (Å²) in [6.07, 6.45) is 1.63. The lowest BCUT2D eigenvalue weighted by Crippen LogP contribution is -2.53. The van der Waals surface area contributed by atoms with Gasteiger partial charge in [0.1, 0.15) is 35.6 Å². The number of hydrogen-bond acceptors (Lipinski definition) is 5. The van der Waals surface area contributed by atoms with Gasteiger partial charge < -0.3 is 24.1 Å². The molecule has 190 valence electrons. The second-order valence-electron chi connectivity index (χ2n) is 10.5. The quantitative estimate of drug-likeness (QED) is 0.418. The van der Waals surface area contributed by atoms with Gasteiger partial charge in [0, 0.05) is 11.5 Å². The van der Waals surface area contributed by atoms with Crippen LogP contribution in [0.3, 0.4) is 0 Å². The van der Waals surface area contributed by atoms with Crippen molar-refractivity contribution in [2.24, 2.45) is 11.8 Å². The zero-order chi connectivity index (χ0) is 25.2. The van der Waals surface area contributed by atoms with Crippen LogP contribution in [0, 0.1) is 11.8 Å². The van der Waals surface area contributed by atoms with Crippen molar-refractivity contribution >= 4 is 5.97 Å². The predicted octanol–water partition coefficient (Wildman–Crippen LogP) is 6.39. The zero-order valence-corrected chi connectivity index (χ0v) is 21.5. The Kier molecular flexibility index (Phi) is 7.60. The third kappa shape index (κ3) is 5.58. The smallest absolute Gasteiger partial charge is 0.309 e. The molecule has 4 rings (SSSR count). The van der Waals surface area contributed by atoms with Crippen molar-refractivity contribution in [2.45, 2.75) is 77.6 Å². The van der Waals surface area contributed by atoms with Crippen LogP contribution in [0.15, 0.2) is 42.5 Å². The molecule has 2 heterocycles. The van der Waals surface area contributed by atoms with Crippen molar-refractivity contribution in [3.8, 4) is 17.2 Å². The molecule has 1 N–H and O–H groups in total. The Morgan fingerprint density at radius 3 is 2.49 bits per heavy atom. The Balaban J connectivity index is 1.56. The number of aliphatic carboxylic acids is 1. The number of benzene rings is 2. The summed E-state index contributed by atoms with van der Waals surface area (Å²) in [6, 6.07) is 13.8. The van der Waals surface area contributed by atoms with E-state index in [2.05, 4.69) is 20.8 Å². The van der Waals surface area contributed by atoms with Crippen LogP contribution in [-0.2, 0) is 9.53 Å². The van der Waals surface area contributed by atoms with Crippen LogP contribution in [0.25, 0.3) is 0 Å². The monoisotopic (exact) mass is 482 g/mol. The van der Waals surface area contributed by atoms with Gasteiger partial charge in [-0.1, -0.05) is 39.3 Å². The van der Waals surface area contributed by atoms with Crippen molar-refractivity contribution < 1.29 is 28.8 Å². The van der Waals surface area contributed by atoms with Crippen LogP contribution < -0.4 is 14.2 Å². The van der Waals surface area contributed by atoms with Crippen LogP contribution in [0.2, 0.25) is 0 Å². The number of carboxylic acids is 1. The molecule has 1 saturated heterocycles. The highest BCUT2D eigenvalue weighted by Crippen LogP contribution is 2.52. The fraction of sp³-hybridized carbons (Fsp3) is 0.552. The third-order valence-electron chi connectivity index (χ3n) is 7.24. The van der Waals surface area contributed by atoms with E-state index >= 15 is 0 Å². The fourth-order valence-corrected chi connectivity index (χ4v) is 5.03. The van der Waals surface area contributed by atoms with E-state index in [9.17, 15) is 9.90 Å². The minimum absolute atomic E-state index is 0.108. The second-order valence-corrected chi connectivity index (χ2v) is 10.5. The number of ether oxygens (including phenoxy) is 4. The number of hydrogen-bond donors (Lipinski definition) is 1. The normalized spacial score (nSPS) is 24.7. The van der Waals surface area contributed by atoms with E-state index in [1.165, 1.54) is 5.56 Å². The molecule has 4 atom stereocenters. The Labute approximate surface area is 208 Å². The molecule has 2 aliphatic heterocycles. The number of carboxylic acid groups (broad SMARTS) is 1. The van der Waals surface area contributed by atoms with Crippen molar-refractivity contribution in [3.63, 3.8) is 0 Å². The molecule has 0 amide bonds. The summed E-state index contributed by atoms with van der Waals surface area (Å²) in [4.78, 5) is 12.2. The maximum absolute atomic E-state index is 12.2. The lowest BCUT2D eigenvalue weighted by molar-refractivity contribution is -0.192. The van der Waals surface area contributed by atoms with Crippen molar-refractivity contribution in [2.75, 3.05) is 13.2 Å². The molecule has 35 heavy (non-hydrogen) atoms. The first kappa shape index (κ1) is 25.4. The lowest BCUT2D eigenvalue weighted by Gasteiger charge is -2.50. The summed E-state index contributed by atoms with van der Waals surface area (Å²) in [5, 5.41) is 10.0. The maximum atomic E-state index is 12.2. The molecule has 0 spiro atoms. The lowest BCUT2D eigenvalue weighted by atomic mass is 9.72. The van der Waals surface area contributed by atoms with Gasteiger partial charge in [0.05, 0.1) is 18.6 Å². The van der Waals surface area contributed by atoms with Gasteiger partial charge in [-0.05, 0) is 68.5 Å². The first-order chi connectivity index (χ1) is 16.7. The van der Waals surface area contributed by atoms with Gasteiger partial charge >= 0.3 is 5.97 Å². The van der Waals surface area contributed by atoms with Gasteiger partial charge in [-0.15, -0.1) is 0 Å². The van der Waals surface area contributed by atoms with Crippen molar-refractivity contribution in [1.82, 2.24) is 0 Å². The fourth-order valence-electron chi connectivity index (χ4n) is 5.03. The number of rotatable bonds is 9. The highest BCUT2D eigenvalue weighted by Gasteiger charge is 2.52. The van der Waals surface area contributed by atoms with Gasteiger partial charge in [-0.3, -0.25) is 4.79 Å². The largest absolute Gasteiger partial charge is 0.494 e. The molecule has 6 heteroatoms. The van der Waals surface area contributed by atoms with Crippen molar-refractivity contribution in [1.29, 1.82) is 0 Å². The van der Waals surface area contributed by atoms with Crippen LogP contribution in [0.5, 0.6) is 17.2 Å². The second kappa shape index (κ2) is 10.5. The Morgan fingerprint density at radius 1 is 1.11 bits per heavy atom. The first-order valence-corrected chi connectivity index (χ1v) is 12.8. The highest BCUT2D eigenvalue weighted by atomic mass is 16.6. The topological polar surface area (TPSA) is 74.2 Å². The molecular formula is C29H38O6. The summed E-state index contributed by atoms with van der Waals surface area (Å²) >= 11 is 0. The van der Waals surface area contributed by atoms with Gasteiger partial charge in [0.2, 0.25) is 0 Å². The summed E-state index contributed by atoms with van der Waals surface area (Å²) in [5.74, 6) is 1.03. The summed E-state index contributed by atoms with van der Waals surface area (Å²) < 4.78 is 24.8. The highest BCUT2D eigenvalue weighted by molar-refractivity contribution is 5.71. The van der Waals surface area contributed by atoms with Crippen molar-refractivity contribution in [3.05, 3.63) is 53.6 Å². The number of fused-ring (bicyclic) bond motifs is 3. The van der Waals surface area contributed by atoms with Crippen LogP contribution in [-0.4, -0.2) is 36.0 Å². The minimum Gasteiger partial charge on any atom is -0.494 e. The van der Waals surface area contributed by atoms with Gasteiger partial charge in [0.15, 0.2) is 0 Å². The summed E-state index contributed by atoms with van der Waals surface area (Å²) in [5.41, 5.74) is 1.59. The molecule has 0 bridgehead atoms. The van der Waals surface area contributed by atoms with Gasteiger partial charge in [-0.25, -0.2) is 0 Å². The van der Waals surface area contributed by atoms with E-state index in [-0.39, 0.29) is 18.6 Å². The first-order valence-electron chi connectivity index (χ1n) is 12.8. The molecule has 0 saturated carbocycles. The molecule has 0 aromatic heterocycles. The molecule has 0 radical (unpaired) electrons. The van der Waals surface area contributed by atoms with Crippen LogP contribution >= 0.6 is 0 Å². The molecule has 0 unspecified atom stereocenters. The minimum atomic E-state index is -0.870. The van der Waals surface area contributed by atoms with E-state index in [0.717, 1.165) is 29.9 Å². The van der Waals surface area contributed by atoms with Crippen LogP contribution in [0.4, 0.5) is 0 Å². The predicted molar refractivity (Wildman–Crippen MR) is 134 cm³/mol. The SMILES string of the molecule is CCCCOc1ccc2c(c1)[C@H]1O[C@@H](COc3ccc(C(C)C)cc3)[C@@H](C(=O)O)C[C@@H]1C(C)(C)O2. The molecule has 6 nitrogen and oxygen atoms in total. The average Bonchev–Trinajstić information content (AvgIpc) is 2.82. The summed E-state index contributed by atoms with van der Waals surface area (Å²) in [6.45, 7) is 11.3. The molecule has 2 aliphatic rings. The summed E-state index contributed by atoms with van der Waals surface area (Å²) in [7, 11) is 0. The van der Waals surface area contributed by atoms with E-state index in [1.54, 1.807) is 0 Å². The van der Waals surface area contributed by atoms with E-state index in [0.29, 0.717) is 24.7 Å². The van der Waals surface area contributed by atoms with Gasteiger partial charge in [0.25, 0.3) is 0 Å². The molecule has 1 fully saturated rings. The van der Waals surface area contributed by atoms with E-state index < -0.39 is 23.6 Å².